The summed E-state index contributed by atoms with van der Waals surface area (Å²) in [6, 6.07) is 9.76. The molecule has 0 radical (unpaired) electrons. The molecular weight excluding hydrogens is 232 g/mol. The second-order valence-electron chi connectivity index (χ2n) is 3.56. The number of rotatable bonds is 3. The van der Waals surface area contributed by atoms with Gasteiger partial charge in [0.1, 0.15) is 5.00 Å². The lowest BCUT2D eigenvalue weighted by atomic mass is 10.1. The van der Waals surface area contributed by atoms with Gasteiger partial charge in [-0.05, 0) is 18.6 Å². The summed E-state index contributed by atoms with van der Waals surface area (Å²) in [6.07, 6.45) is 3.49. The fraction of sp³-hybridized carbons (Fsp3) is 0.0769. The van der Waals surface area contributed by atoms with Gasteiger partial charge in [0.2, 0.25) is 0 Å². The number of nitrogens with one attached hydrogen (secondary N) is 1. The molecule has 17 heavy (non-hydrogen) atoms. The van der Waals surface area contributed by atoms with Crippen molar-refractivity contribution in [1.82, 2.24) is 4.98 Å². The number of carbonyl (C=O) groups is 1. The lowest BCUT2D eigenvalue weighted by Gasteiger charge is -2.02. The molecule has 0 bridgehead atoms. The van der Waals surface area contributed by atoms with E-state index in [0.29, 0.717) is 5.57 Å². The van der Waals surface area contributed by atoms with Crippen molar-refractivity contribution < 1.29 is 4.79 Å². The van der Waals surface area contributed by atoms with Crippen LogP contribution in [0, 0.1) is 0 Å². The number of hydrogen-bond acceptors (Lipinski definition) is 3. The summed E-state index contributed by atoms with van der Waals surface area (Å²) in [5.41, 5.74) is 3.38. The maximum Gasteiger partial charge on any atom is 0.251 e. The summed E-state index contributed by atoms with van der Waals surface area (Å²) in [5, 5.41) is 3.55. The van der Waals surface area contributed by atoms with Crippen molar-refractivity contribution in [2.45, 2.75) is 6.92 Å². The molecule has 2 aromatic rings. The molecule has 1 aromatic carbocycles. The van der Waals surface area contributed by atoms with Gasteiger partial charge in [-0.3, -0.25) is 9.78 Å². The molecular formula is C13H12N2OS. The summed E-state index contributed by atoms with van der Waals surface area (Å²) < 4.78 is 0. The van der Waals surface area contributed by atoms with Crippen LogP contribution in [0.15, 0.2) is 47.6 Å². The van der Waals surface area contributed by atoms with E-state index in [1.54, 1.807) is 18.6 Å². The second kappa shape index (κ2) is 5.41. The Hall–Kier alpha value is -1.94. The Bertz CT molecular complexity index is 518. The molecule has 0 saturated heterocycles. The van der Waals surface area contributed by atoms with E-state index in [9.17, 15) is 4.79 Å². The number of benzene rings is 1. The van der Waals surface area contributed by atoms with Crippen molar-refractivity contribution in [2.75, 3.05) is 5.32 Å². The van der Waals surface area contributed by atoms with Gasteiger partial charge in [-0.15, -0.1) is 11.3 Å². The van der Waals surface area contributed by atoms with Crippen LogP contribution in [-0.2, 0) is 4.79 Å². The highest BCUT2D eigenvalue weighted by atomic mass is 32.1. The molecule has 1 N–H and O–H groups in total. The Morgan fingerprint density at radius 3 is 2.76 bits per heavy atom. The van der Waals surface area contributed by atoms with Gasteiger partial charge in [0.05, 0.1) is 11.7 Å². The third kappa shape index (κ3) is 3.26. The van der Waals surface area contributed by atoms with E-state index < -0.39 is 0 Å². The zero-order chi connectivity index (χ0) is 12.1. The molecule has 0 atom stereocenters. The molecule has 0 saturated carbocycles. The summed E-state index contributed by atoms with van der Waals surface area (Å²) in [5.74, 6) is -0.0990. The van der Waals surface area contributed by atoms with Gasteiger partial charge in [0.25, 0.3) is 5.91 Å². The fourth-order valence-corrected chi connectivity index (χ4v) is 1.86. The average Bonchev–Trinajstić information content (AvgIpc) is 2.83. The van der Waals surface area contributed by atoms with E-state index in [1.165, 1.54) is 11.3 Å². The summed E-state index contributed by atoms with van der Waals surface area (Å²) in [7, 11) is 0. The lowest BCUT2D eigenvalue weighted by molar-refractivity contribution is -0.112. The zero-order valence-electron chi connectivity index (χ0n) is 9.38. The van der Waals surface area contributed by atoms with Crippen LogP contribution in [-0.4, -0.2) is 10.9 Å². The minimum atomic E-state index is -0.0990. The van der Waals surface area contributed by atoms with Crippen LogP contribution >= 0.6 is 11.3 Å². The van der Waals surface area contributed by atoms with Gasteiger partial charge in [-0.1, -0.05) is 30.3 Å². The molecule has 0 unspecified atom stereocenters. The number of nitrogens with zero attached hydrogens (tertiary/aromatic N) is 1. The smallest absolute Gasteiger partial charge is 0.251 e. The highest BCUT2D eigenvalue weighted by Crippen LogP contribution is 2.14. The van der Waals surface area contributed by atoms with E-state index in [2.05, 4.69) is 10.3 Å². The third-order valence-electron chi connectivity index (χ3n) is 2.21. The molecule has 0 aliphatic heterocycles. The summed E-state index contributed by atoms with van der Waals surface area (Å²) in [4.78, 5) is 15.7. The molecule has 86 valence electrons. The second-order valence-corrected chi connectivity index (χ2v) is 4.44. The molecule has 2 rings (SSSR count). The van der Waals surface area contributed by atoms with Crippen molar-refractivity contribution in [3.63, 3.8) is 0 Å². The Morgan fingerprint density at radius 1 is 1.35 bits per heavy atom. The molecule has 4 heteroatoms. The van der Waals surface area contributed by atoms with Crippen molar-refractivity contribution in [3.8, 4) is 0 Å². The SMILES string of the molecule is C/C(=C/c1ccccc1)C(=O)Nc1cncs1. The standard InChI is InChI=1S/C13H12N2OS/c1-10(7-11-5-3-2-4-6-11)13(16)15-12-8-14-9-17-12/h2-9H,1H3,(H,15,16)/b10-7-. The van der Waals surface area contributed by atoms with E-state index in [-0.39, 0.29) is 5.91 Å². The van der Waals surface area contributed by atoms with Crippen molar-refractivity contribution in [2.24, 2.45) is 0 Å². The maximum atomic E-state index is 11.8. The predicted molar refractivity (Wildman–Crippen MR) is 70.8 cm³/mol. The summed E-state index contributed by atoms with van der Waals surface area (Å²) in [6.45, 7) is 1.80. The predicted octanol–water partition coefficient (Wildman–Crippen LogP) is 3.19. The Labute approximate surface area is 104 Å². The van der Waals surface area contributed by atoms with Gasteiger partial charge >= 0.3 is 0 Å². The fourth-order valence-electron chi connectivity index (χ4n) is 1.35. The van der Waals surface area contributed by atoms with E-state index >= 15 is 0 Å². The molecule has 1 amide bonds. The Morgan fingerprint density at radius 2 is 2.12 bits per heavy atom. The topological polar surface area (TPSA) is 42.0 Å². The van der Waals surface area contributed by atoms with Gasteiger partial charge in [-0.2, -0.15) is 0 Å². The molecule has 0 aliphatic rings. The largest absolute Gasteiger partial charge is 0.313 e. The van der Waals surface area contributed by atoms with Crippen LogP contribution in [0.3, 0.4) is 0 Å². The number of amides is 1. The zero-order valence-corrected chi connectivity index (χ0v) is 10.2. The van der Waals surface area contributed by atoms with Crippen LogP contribution in [0.5, 0.6) is 0 Å². The number of aromatic nitrogens is 1. The number of hydrogen-bond donors (Lipinski definition) is 1. The monoisotopic (exact) mass is 244 g/mol. The highest BCUT2D eigenvalue weighted by molar-refractivity contribution is 7.14. The quantitative estimate of drug-likeness (QED) is 0.842. The van der Waals surface area contributed by atoms with Gasteiger partial charge in [-0.25, -0.2) is 0 Å². The van der Waals surface area contributed by atoms with Crippen LogP contribution in [0.25, 0.3) is 6.08 Å². The molecule has 0 fully saturated rings. The van der Waals surface area contributed by atoms with E-state index in [1.807, 2.05) is 36.4 Å². The van der Waals surface area contributed by atoms with Crippen LogP contribution in [0.1, 0.15) is 12.5 Å². The van der Waals surface area contributed by atoms with Gasteiger partial charge in [0.15, 0.2) is 0 Å². The Kier molecular flexibility index (Phi) is 3.67. The number of anilines is 1. The molecule has 0 aliphatic carbocycles. The first-order valence-electron chi connectivity index (χ1n) is 5.19. The normalized spacial score (nSPS) is 11.2. The molecule has 1 heterocycles. The maximum absolute atomic E-state index is 11.8. The first-order valence-corrected chi connectivity index (χ1v) is 6.07. The lowest BCUT2D eigenvalue weighted by Crippen LogP contribution is -2.11. The average molecular weight is 244 g/mol. The first-order chi connectivity index (χ1) is 8.25. The third-order valence-corrected chi connectivity index (χ3v) is 2.90. The molecule has 3 nitrogen and oxygen atoms in total. The number of thiazole rings is 1. The van der Waals surface area contributed by atoms with E-state index in [0.717, 1.165) is 10.6 Å². The minimum absolute atomic E-state index is 0.0990. The summed E-state index contributed by atoms with van der Waals surface area (Å²) >= 11 is 1.40. The van der Waals surface area contributed by atoms with Gasteiger partial charge in [0, 0.05) is 5.57 Å². The van der Waals surface area contributed by atoms with Crippen molar-refractivity contribution in [3.05, 3.63) is 53.2 Å². The van der Waals surface area contributed by atoms with Gasteiger partial charge < -0.3 is 5.32 Å². The van der Waals surface area contributed by atoms with Crippen molar-refractivity contribution >= 4 is 28.3 Å². The van der Waals surface area contributed by atoms with E-state index in [4.69, 9.17) is 0 Å². The van der Waals surface area contributed by atoms with Crippen LogP contribution in [0.2, 0.25) is 0 Å². The molecule has 1 aromatic heterocycles. The van der Waals surface area contributed by atoms with Crippen LogP contribution < -0.4 is 5.32 Å². The molecule has 0 spiro atoms. The van der Waals surface area contributed by atoms with Crippen molar-refractivity contribution in [1.29, 1.82) is 0 Å². The Balaban J connectivity index is 2.07. The first kappa shape index (κ1) is 11.5. The minimum Gasteiger partial charge on any atom is -0.313 e. The highest BCUT2D eigenvalue weighted by Gasteiger charge is 2.05. The number of carbonyl (C=O) groups excluding carboxylic acids is 1. The van der Waals surface area contributed by atoms with Crippen LogP contribution in [0.4, 0.5) is 5.00 Å².